The summed E-state index contributed by atoms with van der Waals surface area (Å²) in [5.41, 5.74) is 4.04. The Bertz CT molecular complexity index is 1060. The summed E-state index contributed by atoms with van der Waals surface area (Å²) in [6.07, 6.45) is 1.38. The van der Waals surface area contributed by atoms with Gasteiger partial charge in [0.15, 0.2) is 0 Å². The van der Waals surface area contributed by atoms with Gasteiger partial charge in [0.25, 0.3) is 0 Å². The summed E-state index contributed by atoms with van der Waals surface area (Å²) < 4.78 is 25.1. The van der Waals surface area contributed by atoms with Crippen molar-refractivity contribution in [2.75, 3.05) is 0 Å². The fourth-order valence-electron chi connectivity index (χ4n) is 3.72. The minimum absolute atomic E-state index is 0.0266. The number of carbonyl (C=O) groups excluding carboxylic acids is 1. The SMILES string of the molecule is CC(C)Cc1ccc2c(c1C(=O)OCc1cccc(F)c1)Cc1ccccc1O2. The van der Waals surface area contributed by atoms with Gasteiger partial charge in [0.05, 0.1) is 5.56 Å². The van der Waals surface area contributed by atoms with Gasteiger partial charge in [-0.15, -0.1) is 0 Å². The van der Waals surface area contributed by atoms with Gasteiger partial charge < -0.3 is 9.47 Å². The van der Waals surface area contributed by atoms with Crippen LogP contribution in [0, 0.1) is 11.7 Å². The van der Waals surface area contributed by atoms with E-state index in [2.05, 4.69) is 13.8 Å². The summed E-state index contributed by atoms with van der Waals surface area (Å²) in [4.78, 5) is 13.1. The summed E-state index contributed by atoms with van der Waals surface area (Å²) >= 11 is 0. The third-order valence-corrected chi connectivity index (χ3v) is 5.01. The highest BCUT2D eigenvalue weighted by Crippen LogP contribution is 2.39. The van der Waals surface area contributed by atoms with Crippen LogP contribution in [0.4, 0.5) is 4.39 Å². The topological polar surface area (TPSA) is 35.5 Å². The second kappa shape index (κ2) is 8.08. The monoisotopic (exact) mass is 390 g/mol. The Morgan fingerprint density at radius 1 is 1.07 bits per heavy atom. The Morgan fingerprint density at radius 3 is 2.69 bits per heavy atom. The van der Waals surface area contributed by atoms with Crippen molar-refractivity contribution in [1.82, 2.24) is 0 Å². The zero-order chi connectivity index (χ0) is 20.4. The lowest BCUT2D eigenvalue weighted by atomic mass is 9.89. The molecule has 0 N–H and O–H groups in total. The van der Waals surface area contributed by atoms with Crippen molar-refractivity contribution < 1.29 is 18.7 Å². The number of rotatable bonds is 5. The molecule has 0 aliphatic carbocycles. The van der Waals surface area contributed by atoms with E-state index in [1.807, 2.05) is 36.4 Å². The van der Waals surface area contributed by atoms with Crippen LogP contribution in [0.1, 0.15) is 46.5 Å². The average Bonchev–Trinajstić information content (AvgIpc) is 2.70. The molecule has 1 aliphatic heterocycles. The van der Waals surface area contributed by atoms with Crippen LogP contribution in [0.5, 0.6) is 11.5 Å². The molecule has 0 radical (unpaired) electrons. The van der Waals surface area contributed by atoms with Crippen molar-refractivity contribution >= 4 is 5.97 Å². The van der Waals surface area contributed by atoms with Crippen molar-refractivity contribution in [1.29, 1.82) is 0 Å². The quantitative estimate of drug-likeness (QED) is 0.388. The predicted molar refractivity (Wildman–Crippen MR) is 110 cm³/mol. The first-order chi connectivity index (χ1) is 14.0. The number of fused-ring (bicyclic) bond motifs is 2. The normalized spacial score (nSPS) is 12.1. The van der Waals surface area contributed by atoms with Crippen LogP contribution in [0.15, 0.2) is 60.7 Å². The summed E-state index contributed by atoms with van der Waals surface area (Å²) in [6, 6.07) is 17.8. The molecule has 1 aliphatic rings. The molecule has 3 nitrogen and oxygen atoms in total. The second-order valence-electron chi connectivity index (χ2n) is 7.77. The molecule has 0 saturated heterocycles. The highest BCUT2D eigenvalue weighted by atomic mass is 19.1. The first-order valence-electron chi connectivity index (χ1n) is 9.83. The molecular formula is C25H23FO3. The van der Waals surface area contributed by atoms with Crippen LogP contribution >= 0.6 is 0 Å². The highest BCUT2D eigenvalue weighted by molar-refractivity contribution is 5.94. The molecule has 0 unspecified atom stereocenters. The molecule has 0 spiro atoms. The van der Waals surface area contributed by atoms with Gasteiger partial charge in [0, 0.05) is 12.0 Å². The summed E-state index contributed by atoms with van der Waals surface area (Å²) in [5.74, 6) is 1.15. The Morgan fingerprint density at radius 2 is 1.90 bits per heavy atom. The summed E-state index contributed by atoms with van der Waals surface area (Å²) in [6.45, 7) is 4.26. The molecule has 148 valence electrons. The standard InChI is InChI=1S/C25H23FO3/c1-16(2)12-19-10-11-23-21(14-18-7-3-4-9-22(18)29-23)24(19)25(27)28-15-17-6-5-8-20(26)13-17/h3-11,13,16H,12,14-15H2,1-2H3. The Balaban J connectivity index is 1.67. The van der Waals surface area contributed by atoms with Gasteiger partial charge in [0.2, 0.25) is 0 Å². The van der Waals surface area contributed by atoms with Crippen molar-refractivity contribution in [2.24, 2.45) is 5.92 Å². The predicted octanol–water partition coefficient (Wildman–Crippen LogP) is 6.08. The van der Waals surface area contributed by atoms with Gasteiger partial charge in [0.1, 0.15) is 23.9 Å². The third kappa shape index (κ3) is 4.16. The zero-order valence-electron chi connectivity index (χ0n) is 16.6. The van der Waals surface area contributed by atoms with Gasteiger partial charge in [-0.2, -0.15) is 0 Å². The van der Waals surface area contributed by atoms with Crippen LogP contribution in [0.3, 0.4) is 0 Å². The van der Waals surface area contributed by atoms with Crippen molar-refractivity contribution in [2.45, 2.75) is 33.3 Å². The maximum Gasteiger partial charge on any atom is 0.339 e. The Kier molecular flexibility index (Phi) is 5.34. The molecule has 0 bridgehead atoms. The van der Waals surface area contributed by atoms with E-state index in [1.54, 1.807) is 12.1 Å². The van der Waals surface area contributed by atoms with Crippen molar-refractivity contribution in [3.05, 3.63) is 94.3 Å². The first kappa shape index (κ1) is 19.2. The molecule has 3 aromatic carbocycles. The molecule has 1 heterocycles. The molecular weight excluding hydrogens is 367 g/mol. The van der Waals surface area contributed by atoms with E-state index < -0.39 is 5.97 Å². The fourth-order valence-corrected chi connectivity index (χ4v) is 3.72. The zero-order valence-corrected chi connectivity index (χ0v) is 16.6. The average molecular weight is 390 g/mol. The molecule has 0 fully saturated rings. The van der Waals surface area contributed by atoms with Gasteiger partial charge >= 0.3 is 5.97 Å². The molecule has 0 saturated carbocycles. The van der Waals surface area contributed by atoms with Crippen LogP contribution in [-0.4, -0.2) is 5.97 Å². The van der Waals surface area contributed by atoms with E-state index in [1.165, 1.54) is 12.1 Å². The maximum atomic E-state index is 13.4. The number of carbonyl (C=O) groups is 1. The van der Waals surface area contributed by atoms with Crippen LogP contribution in [0.25, 0.3) is 0 Å². The smallest absolute Gasteiger partial charge is 0.339 e. The van der Waals surface area contributed by atoms with Crippen molar-refractivity contribution in [3.63, 3.8) is 0 Å². The largest absolute Gasteiger partial charge is 0.457 e. The van der Waals surface area contributed by atoms with Gasteiger partial charge in [-0.1, -0.05) is 50.2 Å². The lowest BCUT2D eigenvalue weighted by Crippen LogP contribution is -2.16. The van der Waals surface area contributed by atoms with Crippen molar-refractivity contribution in [3.8, 4) is 11.5 Å². The lowest BCUT2D eigenvalue weighted by Gasteiger charge is -2.24. The van der Waals surface area contributed by atoms with E-state index in [4.69, 9.17) is 9.47 Å². The van der Waals surface area contributed by atoms with Crippen LogP contribution < -0.4 is 4.74 Å². The Hall–Kier alpha value is -3.14. The maximum absolute atomic E-state index is 13.4. The van der Waals surface area contributed by atoms with E-state index in [0.29, 0.717) is 29.2 Å². The van der Waals surface area contributed by atoms with E-state index in [-0.39, 0.29) is 12.4 Å². The van der Waals surface area contributed by atoms with Gasteiger partial charge in [-0.25, -0.2) is 9.18 Å². The van der Waals surface area contributed by atoms with Gasteiger partial charge in [-0.3, -0.25) is 0 Å². The fraction of sp³-hybridized carbons (Fsp3) is 0.240. The van der Waals surface area contributed by atoms with Crippen LogP contribution in [0.2, 0.25) is 0 Å². The minimum atomic E-state index is -0.398. The highest BCUT2D eigenvalue weighted by Gasteiger charge is 2.26. The van der Waals surface area contributed by atoms with E-state index in [9.17, 15) is 9.18 Å². The molecule has 4 rings (SSSR count). The molecule has 0 aromatic heterocycles. The molecule has 0 amide bonds. The summed E-state index contributed by atoms with van der Waals surface area (Å²) in [7, 11) is 0. The van der Waals surface area contributed by atoms with E-state index >= 15 is 0 Å². The number of halogens is 1. The van der Waals surface area contributed by atoms with Crippen LogP contribution in [-0.2, 0) is 24.2 Å². The minimum Gasteiger partial charge on any atom is -0.457 e. The number of para-hydroxylation sites is 1. The molecule has 4 heteroatoms. The number of benzene rings is 3. The first-order valence-corrected chi connectivity index (χ1v) is 9.83. The number of hydrogen-bond donors (Lipinski definition) is 0. The molecule has 29 heavy (non-hydrogen) atoms. The number of hydrogen-bond acceptors (Lipinski definition) is 3. The molecule has 3 aromatic rings. The second-order valence-corrected chi connectivity index (χ2v) is 7.77. The molecule has 0 atom stereocenters. The van der Waals surface area contributed by atoms with Gasteiger partial charge in [-0.05, 0) is 53.3 Å². The Labute approximate surface area is 170 Å². The summed E-state index contributed by atoms with van der Waals surface area (Å²) in [5, 5.41) is 0. The number of esters is 1. The third-order valence-electron chi connectivity index (χ3n) is 5.01. The number of ether oxygens (including phenoxy) is 2. The lowest BCUT2D eigenvalue weighted by molar-refractivity contribution is 0.0469. The van der Waals surface area contributed by atoms with E-state index in [0.717, 1.165) is 28.9 Å².